The SMILES string of the molecule is CCCCCCOc1ccc2c(c1)Oc1cc(OCCCC)ccc1C2(C)c1ccccc1C(C)=O. The van der Waals surface area contributed by atoms with Gasteiger partial charge in [-0.3, -0.25) is 4.79 Å². The zero-order chi connectivity index (χ0) is 25.5. The Morgan fingerprint density at radius 2 is 1.33 bits per heavy atom. The Hall–Kier alpha value is -3.27. The van der Waals surface area contributed by atoms with Crippen molar-refractivity contribution in [3.8, 4) is 23.0 Å². The van der Waals surface area contributed by atoms with Crippen LogP contribution in [-0.4, -0.2) is 19.0 Å². The summed E-state index contributed by atoms with van der Waals surface area (Å²) in [7, 11) is 0. The van der Waals surface area contributed by atoms with Crippen molar-refractivity contribution in [3.05, 3.63) is 82.9 Å². The molecule has 0 saturated carbocycles. The summed E-state index contributed by atoms with van der Waals surface area (Å²) in [6.07, 6.45) is 6.72. The van der Waals surface area contributed by atoms with Gasteiger partial charge in [-0.1, -0.05) is 75.9 Å². The Labute approximate surface area is 215 Å². The molecular formula is C32H38O4. The lowest BCUT2D eigenvalue weighted by molar-refractivity contribution is 0.101. The van der Waals surface area contributed by atoms with Gasteiger partial charge in [0.05, 0.1) is 18.6 Å². The Kier molecular flexibility index (Phi) is 8.35. The topological polar surface area (TPSA) is 44.8 Å². The normalized spacial score (nSPS) is 16.0. The minimum atomic E-state index is -0.577. The number of hydrogen-bond donors (Lipinski definition) is 0. The standard InChI is InChI=1S/C32H38O4/c1-5-7-9-12-20-35-25-16-18-29-31(22-25)36-30-21-24(34-19-8-6-2)15-17-28(30)32(29,4)27-14-11-10-13-26(27)23(3)33/h10-11,13-18,21-22H,5-9,12,19-20H2,1-4H3. The first kappa shape index (κ1) is 25.8. The van der Waals surface area contributed by atoms with Gasteiger partial charge in [-0.05, 0) is 44.4 Å². The second-order valence-corrected chi connectivity index (χ2v) is 9.76. The van der Waals surface area contributed by atoms with E-state index in [1.54, 1.807) is 6.92 Å². The number of ether oxygens (including phenoxy) is 3. The number of unbranched alkanes of at least 4 members (excludes halogenated alkanes) is 4. The first-order chi connectivity index (χ1) is 17.5. The van der Waals surface area contributed by atoms with Crippen LogP contribution in [0.3, 0.4) is 0 Å². The highest BCUT2D eigenvalue weighted by molar-refractivity contribution is 5.96. The number of Topliss-reactive ketones (excluding diaryl/α,β-unsaturated/α-hetero) is 1. The van der Waals surface area contributed by atoms with Crippen LogP contribution in [0.25, 0.3) is 0 Å². The monoisotopic (exact) mass is 486 g/mol. The lowest BCUT2D eigenvalue weighted by Crippen LogP contribution is -2.31. The molecule has 1 heterocycles. The Bertz CT molecular complexity index is 1200. The molecule has 0 N–H and O–H groups in total. The summed E-state index contributed by atoms with van der Waals surface area (Å²) in [6.45, 7) is 9.53. The molecule has 0 radical (unpaired) electrons. The van der Waals surface area contributed by atoms with E-state index >= 15 is 0 Å². The van der Waals surface area contributed by atoms with E-state index in [4.69, 9.17) is 14.2 Å². The molecule has 0 spiro atoms. The summed E-state index contributed by atoms with van der Waals surface area (Å²) in [5, 5.41) is 0. The molecule has 0 aromatic heterocycles. The number of hydrogen-bond acceptors (Lipinski definition) is 4. The maximum Gasteiger partial charge on any atom is 0.160 e. The Morgan fingerprint density at radius 3 is 1.92 bits per heavy atom. The zero-order valence-electron chi connectivity index (χ0n) is 22.1. The molecule has 1 unspecified atom stereocenters. The average Bonchev–Trinajstić information content (AvgIpc) is 2.88. The predicted molar refractivity (Wildman–Crippen MR) is 145 cm³/mol. The van der Waals surface area contributed by atoms with E-state index in [2.05, 4.69) is 39.0 Å². The third kappa shape index (κ3) is 5.28. The van der Waals surface area contributed by atoms with Crippen molar-refractivity contribution in [1.29, 1.82) is 0 Å². The fraction of sp³-hybridized carbons (Fsp3) is 0.406. The van der Waals surface area contributed by atoms with Crippen LogP contribution in [0.2, 0.25) is 0 Å². The second kappa shape index (κ2) is 11.6. The molecule has 190 valence electrons. The van der Waals surface area contributed by atoms with Gasteiger partial charge in [-0.15, -0.1) is 0 Å². The summed E-state index contributed by atoms with van der Waals surface area (Å²) in [5.74, 6) is 3.13. The van der Waals surface area contributed by atoms with Gasteiger partial charge in [0.2, 0.25) is 0 Å². The molecule has 1 aliphatic heterocycles. The molecule has 3 aromatic rings. The highest BCUT2D eigenvalue weighted by atomic mass is 16.5. The van der Waals surface area contributed by atoms with Gasteiger partial charge in [-0.25, -0.2) is 0 Å². The molecule has 0 fully saturated rings. The third-order valence-electron chi connectivity index (χ3n) is 7.08. The van der Waals surface area contributed by atoms with Gasteiger partial charge < -0.3 is 14.2 Å². The Morgan fingerprint density at radius 1 is 0.750 bits per heavy atom. The first-order valence-electron chi connectivity index (χ1n) is 13.3. The van der Waals surface area contributed by atoms with Crippen molar-refractivity contribution in [2.24, 2.45) is 0 Å². The number of fused-ring (bicyclic) bond motifs is 2. The number of benzene rings is 3. The van der Waals surface area contributed by atoms with E-state index < -0.39 is 5.41 Å². The molecular weight excluding hydrogens is 448 g/mol. The van der Waals surface area contributed by atoms with Crippen LogP contribution in [0.15, 0.2) is 60.7 Å². The zero-order valence-corrected chi connectivity index (χ0v) is 22.1. The maximum absolute atomic E-state index is 12.7. The molecule has 4 rings (SSSR count). The minimum Gasteiger partial charge on any atom is -0.493 e. The van der Waals surface area contributed by atoms with Gasteiger partial charge in [0, 0.05) is 28.8 Å². The number of rotatable bonds is 12. The van der Waals surface area contributed by atoms with Crippen molar-refractivity contribution in [1.82, 2.24) is 0 Å². The van der Waals surface area contributed by atoms with Crippen molar-refractivity contribution in [2.75, 3.05) is 13.2 Å². The predicted octanol–water partition coefficient (Wildman–Crippen LogP) is 8.49. The summed E-state index contributed by atoms with van der Waals surface area (Å²) in [6, 6.07) is 20.0. The molecule has 0 saturated heterocycles. The van der Waals surface area contributed by atoms with Crippen LogP contribution in [0.5, 0.6) is 23.0 Å². The van der Waals surface area contributed by atoms with Crippen molar-refractivity contribution < 1.29 is 19.0 Å². The lowest BCUT2D eigenvalue weighted by atomic mass is 9.67. The molecule has 1 atom stereocenters. The van der Waals surface area contributed by atoms with Crippen LogP contribution >= 0.6 is 0 Å². The summed E-state index contributed by atoms with van der Waals surface area (Å²) in [4.78, 5) is 12.7. The highest BCUT2D eigenvalue weighted by Gasteiger charge is 2.41. The average molecular weight is 487 g/mol. The van der Waals surface area contributed by atoms with Gasteiger partial charge in [-0.2, -0.15) is 0 Å². The van der Waals surface area contributed by atoms with Gasteiger partial charge in [0.15, 0.2) is 5.78 Å². The largest absolute Gasteiger partial charge is 0.493 e. The quantitative estimate of drug-likeness (QED) is 0.190. The van der Waals surface area contributed by atoms with E-state index in [1.165, 1.54) is 19.3 Å². The maximum atomic E-state index is 12.7. The van der Waals surface area contributed by atoms with Crippen LogP contribution in [0.1, 0.15) is 93.3 Å². The summed E-state index contributed by atoms with van der Waals surface area (Å²) >= 11 is 0. The number of carbonyl (C=O) groups excluding carboxylic acids is 1. The molecule has 4 nitrogen and oxygen atoms in total. The van der Waals surface area contributed by atoms with Gasteiger partial charge >= 0.3 is 0 Å². The first-order valence-corrected chi connectivity index (χ1v) is 13.3. The van der Waals surface area contributed by atoms with Crippen molar-refractivity contribution in [2.45, 2.75) is 71.6 Å². The Balaban J connectivity index is 1.76. The van der Waals surface area contributed by atoms with Crippen molar-refractivity contribution in [3.63, 3.8) is 0 Å². The fourth-order valence-corrected chi connectivity index (χ4v) is 5.01. The van der Waals surface area contributed by atoms with E-state index in [0.717, 1.165) is 64.5 Å². The molecule has 0 aliphatic carbocycles. The van der Waals surface area contributed by atoms with Gasteiger partial charge in [0.1, 0.15) is 23.0 Å². The van der Waals surface area contributed by atoms with Crippen LogP contribution in [0.4, 0.5) is 0 Å². The molecule has 0 amide bonds. The van der Waals surface area contributed by atoms with Crippen molar-refractivity contribution >= 4 is 5.78 Å². The van der Waals surface area contributed by atoms with E-state index in [9.17, 15) is 4.79 Å². The van der Waals surface area contributed by atoms with Crippen LogP contribution < -0.4 is 14.2 Å². The van der Waals surface area contributed by atoms with E-state index in [1.807, 2.05) is 42.5 Å². The van der Waals surface area contributed by atoms with Crippen LogP contribution in [0, 0.1) is 0 Å². The van der Waals surface area contributed by atoms with Gasteiger partial charge in [0.25, 0.3) is 0 Å². The summed E-state index contributed by atoms with van der Waals surface area (Å²) in [5.41, 5.74) is 3.14. The molecule has 3 aromatic carbocycles. The molecule has 0 bridgehead atoms. The smallest absolute Gasteiger partial charge is 0.160 e. The molecule has 36 heavy (non-hydrogen) atoms. The molecule has 1 aliphatic rings. The van der Waals surface area contributed by atoms with E-state index in [0.29, 0.717) is 13.2 Å². The summed E-state index contributed by atoms with van der Waals surface area (Å²) < 4.78 is 18.5. The minimum absolute atomic E-state index is 0.0490. The van der Waals surface area contributed by atoms with Crippen LogP contribution in [-0.2, 0) is 5.41 Å². The fourth-order valence-electron chi connectivity index (χ4n) is 5.01. The lowest BCUT2D eigenvalue weighted by Gasteiger charge is -2.39. The molecule has 4 heteroatoms. The number of carbonyl (C=O) groups is 1. The highest BCUT2D eigenvalue weighted by Crippen LogP contribution is 2.53. The second-order valence-electron chi connectivity index (χ2n) is 9.76. The third-order valence-corrected chi connectivity index (χ3v) is 7.08. The number of ketones is 1. The van der Waals surface area contributed by atoms with E-state index in [-0.39, 0.29) is 5.78 Å².